The Bertz CT molecular complexity index is 289. The summed E-state index contributed by atoms with van der Waals surface area (Å²) in [6.45, 7) is 0. The highest BCUT2D eigenvalue weighted by Crippen LogP contribution is 2.30. The Balaban J connectivity index is 2.92. The second-order valence-corrected chi connectivity index (χ2v) is 2.41. The van der Waals surface area contributed by atoms with E-state index in [0.717, 1.165) is 12.1 Å². The van der Waals surface area contributed by atoms with Gasteiger partial charge in [-0.1, -0.05) is 6.07 Å². The lowest BCUT2D eigenvalue weighted by Crippen LogP contribution is -2.05. The quantitative estimate of drug-likeness (QED) is 0.759. The van der Waals surface area contributed by atoms with Gasteiger partial charge in [0, 0.05) is 0 Å². The summed E-state index contributed by atoms with van der Waals surface area (Å²) >= 11 is 4.81. The summed E-state index contributed by atoms with van der Waals surface area (Å²) in [6, 6.07) is 4.50. The highest BCUT2D eigenvalue weighted by Gasteiger charge is 2.30. The average Bonchev–Trinajstić information content (AvgIpc) is 2.04. The van der Waals surface area contributed by atoms with Crippen molar-refractivity contribution in [3.63, 3.8) is 0 Å². The fourth-order valence-electron chi connectivity index (χ4n) is 0.804. The Kier molecular flexibility index (Phi) is 3.00. The second kappa shape index (κ2) is 3.85. The van der Waals surface area contributed by atoms with Gasteiger partial charge < -0.3 is 0 Å². The molecule has 0 saturated heterocycles. The third-order valence-corrected chi connectivity index (χ3v) is 1.42. The molecule has 72 valence electrons. The summed E-state index contributed by atoms with van der Waals surface area (Å²) in [6.07, 6.45) is -4.36. The zero-order chi connectivity index (χ0) is 9.90. The maximum atomic E-state index is 12.1. The van der Waals surface area contributed by atoms with Crippen molar-refractivity contribution >= 4 is 17.6 Å². The Labute approximate surface area is 77.4 Å². The van der Waals surface area contributed by atoms with Crippen LogP contribution in [0, 0.1) is 0 Å². The summed E-state index contributed by atoms with van der Waals surface area (Å²) in [7, 11) is 0. The number of hydrogen-bond donors (Lipinski definition) is 1. The molecule has 0 aromatic heterocycles. The Morgan fingerprint density at radius 3 is 2.54 bits per heavy atom. The molecule has 0 atom stereocenters. The van der Waals surface area contributed by atoms with Crippen LogP contribution in [0.2, 0.25) is 0 Å². The smallest absolute Gasteiger partial charge is 0.248 e. The largest absolute Gasteiger partial charge is 0.416 e. The first-order valence-corrected chi connectivity index (χ1v) is 3.56. The predicted molar refractivity (Wildman–Crippen MR) is 42.0 cm³/mol. The van der Waals surface area contributed by atoms with E-state index in [0.29, 0.717) is 0 Å². The minimum atomic E-state index is -4.36. The molecule has 1 aromatic rings. The molecule has 0 radical (unpaired) electrons. The molecule has 0 aliphatic heterocycles. The monoisotopic (exact) mass is 211 g/mol. The van der Waals surface area contributed by atoms with E-state index in [2.05, 4.69) is 9.87 Å². The van der Waals surface area contributed by atoms with E-state index in [4.69, 9.17) is 11.9 Å². The highest BCUT2D eigenvalue weighted by atomic mass is 35.5. The van der Waals surface area contributed by atoms with Crippen LogP contribution in [0.1, 0.15) is 5.56 Å². The minimum absolute atomic E-state index is 0.143. The molecule has 0 saturated carbocycles. The van der Waals surface area contributed by atoms with Crippen LogP contribution in [-0.4, -0.2) is 0 Å². The number of nitrogens with one attached hydrogen (secondary N) is 1. The molecule has 0 spiro atoms. The van der Waals surface area contributed by atoms with Crippen molar-refractivity contribution in [2.45, 2.75) is 6.18 Å². The maximum Gasteiger partial charge on any atom is 0.416 e. The molecule has 1 N–H and O–H groups in total. The molecule has 0 aliphatic rings. The van der Waals surface area contributed by atoms with E-state index in [1.165, 1.54) is 12.1 Å². The molecule has 1 aromatic carbocycles. The third kappa shape index (κ3) is 2.78. The van der Waals surface area contributed by atoms with Crippen LogP contribution >= 0.6 is 11.9 Å². The van der Waals surface area contributed by atoms with Crippen LogP contribution in [-0.2, 0) is 10.6 Å². The first kappa shape index (κ1) is 10.1. The van der Waals surface area contributed by atoms with Crippen LogP contribution in [0.25, 0.3) is 0 Å². The van der Waals surface area contributed by atoms with Crippen molar-refractivity contribution < 1.29 is 17.6 Å². The molecule has 0 amide bonds. The lowest BCUT2D eigenvalue weighted by molar-refractivity contribution is -0.137. The third-order valence-electron chi connectivity index (χ3n) is 1.35. The number of halogens is 4. The molecule has 6 heteroatoms. The Morgan fingerprint density at radius 1 is 1.31 bits per heavy atom. The van der Waals surface area contributed by atoms with Gasteiger partial charge in [0.1, 0.15) is 0 Å². The second-order valence-electron chi connectivity index (χ2n) is 2.26. The van der Waals surface area contributed by atoms with E-state index in [1.54, 1.807) is 0 Å². The predicted octanol–water partition coefficient (Wildman–Crippen LogP) is 3.20. The van der Waals surface area contributed by atoms with Gasteiger partial charge in [0.05, 0.1) is 23.1 Å². The number of rotatable bonds is 2. The van der Waals surface area contributed by atoms with Crippen molar-refractivity contribution in [3.8, 4) is 0 Å². The summed E-state index contributed by atoms with van der Waals surface area (Å²) in [5, 5.41) is 0. The molecule has 0 heterocycles. The molecule has 0 bridgehead atoms. The van der Waals surface area contributed by atoms with Gasteiger partial charge >= 0.3 is 6.18 Å². The summed E-state index contributed by atoms with van der Waals surface area (Å²) in [4.78, 5) is 0. The van der Waals surface area contributed by atoms with Crippen LogP contribution in [0.3, 0.4) is 0 Å². The molecular weight excluding hydrogens is 207 g/mol. The normalized spacial score (nSPS) is 11.4. The molecule has 2 nitrogen and oxygen atoms in total. The lowest BCUT2D eigenvalue weighted by Gasteiger charge is -2.07. The Hall–Kier alpha value is -0.940. The number of anilines is 1. The molecule has 0 fully saturated rings. The van der Waals surface area contributed by atoms with Crippen molar-refractivity contribution in [2.75, 3.05) is 5.48 Å². The van der Waals surface area contributed by atoms with Gasteiger partial charge in [-0.3, -0.25) is 0 Å². The molecular formula is C7H5ClF3NO. The van der Waals surface area contributed by atoms with E-state index < -0.39 is 11.7 Å². The topological polar surface area (TPSA) is 21.3 Å². The lowest BCUT2D eigenvalue weighted by atomic mass is 10.2. The Morgan fingerprint density at radius 2 is 2.00 bits per heavy atom. The van der Waals surface area contributed by atoms with Gasteiger partial charge in [-0.2, -0.15) is 17.6 Å². The standard InChI is InChI=1S/C7H5ClF3NO/c8-13-12-6-3-1-2-5(4-6)7(9,10)11/h1-4,12H. The fourth-order valence-corrected chi connectivity index (χ4v) is 0.893. The average molecular weight is 212 g/mol. The van der Waals surface area contributed by atoms with E-state index in [1.807, 2.05) is 0 Å². The number of benzene rings is 1. The van der Waals surface area contributed by atoms with Gasteiger partial charge in [-0.15, -0.1) is 0 Å². The molecule has 1 rings (SSSR count). The highest BCUT2D eigenvalue weighted by molar-refractivity contribution is 6.07. The number of alkyl halides is 3. The molecule has 13 heavy (non-hydrogen) atoms. The van der Waals surface area contributed by atoms with Crippen molar-refractivity contribution in [1.82, 2.24) is 0 Å². The van der Waals surface area contributed by atoms with Crippen LogP contribution < -0.4 is 5.48 Å². The van der Waals surface area contributed by atoms with Gasteiger partial charge in [-0.05, 0) is 18.2 Å². The maximum absolute atomic E-state index is 12.1. The number of hydrogen-bond acceptors (Lipinski definition) is 2. The SMILES string of the molecule is FC(F)(F)c1cccc(NOCl)c1. The van der Waals surface area contributed by atoms with Gasteiger partial charge in [0.2, 0.25) is 0 Å². The summed E-state index contributed by atoms with van der Waals surface area (Å²) in [5.41, 5.74) is 1.47. The summed E-state index contributed by atoms with van der Waals surface area (Å²) < 4.78 is 40.3. The van der Waals surface area contributed by atoms with E-state index >= 15 is 0 Å². The van der Waals surface area contributed by atoms with Crippen LogP contribution in [0.4, 0.5) is 18.9 Å². The van der Waals surface area contributed by atoms with Crippen LogP contribution in [0.15, 0.2) is 24.3 Å². The van der Waals surface area contributed by atoms with Gasteiger partial charge in [0.15, 0.2) is 0 Å². The molecule has 0 unspecified atom stereocenters. The van der Waals surface area contributed by atoms with Gasteiger partial charge in [-0.25, -0.2) is 5.48 Å². The van der Waals surface area contributed by atoms with E-state index in [9.17, 15) is 13.2 Å². The first-order valence-electron chi connectivity index (χ1n) is 3.25. The minimum Gasteiger partial charge on any atom is -0.248 e. The van der Waals surface area contributed by atoms with Crippen LogP contribution in [0.5, 0.6) is 0 Å². The van der Waals surface area contributed by atoms with Crippen molar-refractivity contribution in [3.05, 3.63) is 29.8 Å². The van der Waals surface area contributed by atoms with Crippen molar-refractivity contribution in [1.29, 1.82) is 0 Å². The van der Waals surface area contributed by atoms with Crippen molar-refractivity contribution in [2.24, 2.45) is 0 Å². The molecule has 0 aliphatic carbocycles. The zero-order valence-electron chi connectivity index (χ0n) is 6.23. The van der Waals surface area contributed by atoms with E-state index in [-0.39, 0.29) is 5.69 Å². The summed E-state index contributed by atoms with van der Waals surface area (Å²) in [5.74, 6) is 0. The van der Waals surface area contributed by atoms with Gasteiger partial charge in [0.25, 0.3) is 0 Å². The zero-order valence-corrected chi connectivity index (χ0v) is 6.99. The fraction of sp³-hybridized carbons (Fsp3) is 0.143. The first-order chi connectivity index (χ1) is 6.04.